The molecule has 1 rings (SSSR count). The Hall–Kier alpha value is -1.07. The first-order valence-electron chi connectivity index (χ1n) is 3.84. The van der Waals surface area contributed by atoms with Crippen LogP contribution in [0, 0.1) is 13.8 Å². The first kappa shape index (κ1) is 14.0. The number of pyridine rings is 1. The second-order valence-electron chi connectivity index (χ2n) is 2.79. The summed E-state index contributed by atoms with van der Waals surface area (Å²) in [6, 6.07) is 0.135. The Morgan fingerprint density at radius 3 is 2.29 bits per heavy atom. The van der Waals surface area contributed by atoms with Crippen LogP contribution in [-0.2, 0) is 6.18 Å². The monoisotopic (exact) mass is 368 g/mol. The SMILES string of the molecule is O=[N+]([O-])c1cc(C(F)F)nc(I)c1C(F)(F)F. The Bertz CT molecular complexity index is 462. The third kappa shape index (κ3) is 2.98. The van der Waals surface area contributed by atoms with E-state index < -0.39 is 38.2 Å². The number of hydrogen-bond donors (Lipinski definition) is 0. The Morgan fingerprint density at radius 2 is 1.94 bits per heavy atom. The van der Waals surface area contributed by atoms with Crippen LogP contribution in [0.3, 0.4) is 0 Å². The molecule has 0 atom stereocenters. The van der Waals surface area contributed by atoms with Crippen LogP contribution in [-0.4, -0.2) is 9.91 Å². The van der Waals surface area contributed by atoms with Gasteiger partial charge in [-0.3, -0.25) is 10.1 Å². The van der Waals surface area contributed by atoms with E-state index in [1.807, 2.05) is 0 Å². The van der Waals surface area contributed by atoms with Crippen molar-refractivity contribution in [2.24, 2.45) is 0 Å². The maximum absolute atomic E-state index is 12.5. The van der Waals surface area contributed by atoms with E-state index >= 15 is 0 Å². The van der Waals surface area contributed by atoms with Gasteiger partial charge in [-0.25, -0.2) is 13.8 Å². The fourth-order valence-electron chi connectivity index (χ4n) is 1.04. The van der Waals surface area contributed by atoms with Crippen molar-refractivity contribution in [3.63, 3.8) is 0 Å². The minimum atomic E-state index is -5.02. The second-order valence-corrected chi connectivity index (χ2v) is 3.81. The number of aromatic nitrogens is 1. The lowest BCUT2D eigenvalue weighted by Crippen LogP contribution is -2.14. The molecule has 0 fully saturated rings. The summed E-state index contributed by atoms with van der Waals surface area (Å²) >= 11 is 1.03. The molecule has 0 saturated carbocycles. The zero-order chi connectivity index (χ0) is 13.4. The van der Waals surface area contributed by atoms with Gasteiger partial charge in [-0.15, -0.1) is 0 Å². The number of halogens is 6. The highest BCUT2D eigenvalue weighted by Gasteiger charge is 2.42. The van der Waals surface area contributed by atoms with Gasteiger partial charge < -0.3 is 0 Å². The number of nitro groups is 1. The van der Waals surface area contributed by atoms with E-state index in [1.54, 1.807) is 0 Å². The van der Waals surface area contributed by atoms with Gasteiger partial charge in [0.1, 0.15) is 9.39 Å². The van der Waals surface area contributed by atoms with E-state index in [1.165, 1.54) is 0 Å². The Morgan fingerprint density at radius 1 is 1.41 bits per heavy atom. The average Bonchev–Trinajstić information content (AvgIpc) is 2.13. The third-order valence-corrected chi connectivity index (χ3v) is 2.46. The summed E-state index contributed by atoms with van der Waals surface area (Å²) in [6.07, 6.45) is -8.20. The predicted octanol–water partition coefficient (Wildman–Crippen LogP) is 3.55. The maximum atomic E-state index is 12.5. The molecule has 0 spiro atoms. The van der Waals surface area contributed by atoms with Gasteiger partial charge in [0.05, 0.1) is 4.92 Å². The van der Waals surface area contributed by atoms with Gasteiger partial charge in [-0.05, 0) is 22.6 Å². The summed E-state index contributed by atoms with van der Waals surface area (Å²) in [4.78, 5) is 12.1. The molecule has 0 N–H and O–H groups in total. The molecule has 1 aromatic heterocycles. The van der Waals surface area contributed by atoms with Crippen molar-refractivity contribution < 1.29 is 26.9 Å². The highest BCUT2D eigenvalue weighted by atomic mass is 127. The average molecular weight is 368 g/mol. The van der Waals surface area contributed by atoms with Crippen LogP contribution in [0.2, 0.25) is 0 Å². The van der Waals surface area contributed by atoms with Crippen molar-refractivity contribution in [3.8, 4) is 0 Å². The molecule has 0 aliphatic carbocycles. The van der Waals surface area contributed by atoms with Crippen LogP contribution in [0.1, 0.15) is 17.7 Å². The molecule has 0 radical (unpaired) electrons. The summed E-state index contributed by atoms with van der Waals surface area (Å²) in [5.41, 5.74) is -4.10. The fraction of sp³-hybridized carbons (Fsp3) is 0.286. The number of hydrogen-bond acceptors (Lipinski definition) is 3. The van der Waals surface area contributed by atoms with Gasteiger partial charge in [0.2, 0.25) is 0 Å². The van der Waals surface area contributed by atoms with Gasteiger partial charge in [-0.2, -0.15) is 13.2 Å². The highest BCUT2D eigenvalue weighted by Crippen LogP contribution is 2.39. The molecule has 17 heavy (non-hydrogen) atoms. The molecule has 0 unspecified atom stereocenters. The number of rotatable bonds is 2. The van der Waals surface area contributed by atoms with Crippen molar-refractivity contribution in [3.05, 3.63) is 31.1 Å². The lowest BCUT2D eigenvalue weighted by Gasteiger charge is -2.10. The third-order valence-electron chi connectivity index (χ3n) is 1.68. The molecule has 0 amide bonds. The molecule has 0 aliphatic heterocycles. The Labute approximate surface area is 104 Å². The van der Waals surface area contributed by atoms with Crippen LogP contribution >= 0.6 is 22.6 Å². The number of nitrogens with zero attached hydrogens (tertiary/aromatic N) is 2. The minimum absolute atomic E-state index is 0.135. The molecular weight excluding hydrogens is 366 g/mol. The molecule has 0 aromatic carbocycles. The lowest BCUT2D eigenvalue weighted by molar-refractivity contribution is -0.388. The highest BCUT2D eigenvalue weighted by molar-refractivity contribution is 14.1. The lowest BCUT2D eigenvalue weighted by atomic mass is 10.2. The van der Waals surface area contributed by atoms with Gasteiger partial charge in [-0.1, -0.05) is 0 Å². The minimum Gasteiger partial charge on any atom is -0.258 e. The molecule has 0 bridgehead atoms. The van der Waals surface area contributed by atoms with E-state index in [2.05, 4.69) is 4.98 Å². The van der Waals surface area contributed by atoms with E-state index in [0.717, 1.165) is 22.6 Å². The van der Waals surface area contributed by atoms with Crippen LogP contribution in [0.15, 0.2) is 6.07 Å². The normalized spacial score (nSPS) is 11.9. The second kappa shape index (κ2) is 4.66. The topological polar surface area (TPSA) is 56.0 Å². The van der Waals surface area contributed by atoms with E-state index in [-0.39, 0.29) is 6.07 Å². The largest absolute Gasteiger partial charge is 0.425 e. The van der Waals surface area contributed by atoms with Gasteiger partial charge in [0.15, 0.2) is 5.56 Å². The van der Waals surface area contributed by atoms with Crippen molar-refractivity contribution in [1.82, 2.24) is 4.98 Å². The van der Waals surface area contributed by atoms with Crippen molar-refractivity contribution in [2.75, 3.05) is 0 Å². The molecule has 1 heterocycles. The van der Waals surface area contributed by atoms with Crippen LogP contribution < -0.4 is 0 Å². The van der Waals surface area contributed by atoms with Gasteiger partial charge in [0.25, 0.3) is 12.1 Å². The molecular formula is C7H2F5IN2O2. The van der Waals surface area contributed by atoms with Crippen molar-refractivity contribution in [2.45, 2.75) is 12.6 Å². The van der Waals surface area contributed by atoms with Crippen molar-refractivity contribution >= 4 is 28.3 Å². The summed E-state index contributed by atoms with van der Waals surface area (Å²) in [5, 5.41) is 10.4. The standard InChI is InChI=1S/C7H2F5IN2O2/c8-5(9)2-1-3(15(16)17)4(6(13)14-2)7(10,11)12/h1,5H. The molecule has 94 valence electrons. The quantitative estimate of drug-likeness (QED) is 0.264. The first-order chi connectivity index (χ1) is 7.64. The summed E-state index contributed by atoms with van der Waals surface area (Å²) in [7, 11) is 0. The van der Waals surface area contributed by atoms with E-state index in [9.17, 15) is 32.1 Å². The van der Waals surface area contributed by atoms with E-state index in [4.69, 9.17) is 0 Å². The predicted molar refractivity (Wildman–Crippen MR) is 53.6 cm³/mol. The zero-order valence-electron chi connectivity index (χ0n) is 7.63. The summed E-state index contributed by atoms with van der Waals surface area (Å²) < 4.78 is 61.0. The Kier molecular flexibility index (Phi) is 3.84. The molecule has 10 heteroatoms. The number of alkyl halides is 5. The smallest absolute Gasteiger partial charge is 0.258 e. The maximum Gasteiger partial charge on any atom is 0.425 e. The van der Waals surface area contributed by atoms with Crippen LogP contribution in [0.25, 0.3) is 0 Å². The van der Waals surface area contributed by atoms with Crippen LogP contribution in [0.5, 0.6) is 0 Å². The zero-order valence-corrected chi connectivity index (χ0v) is 9.79. The van der Waals surface area contributed by atoms with E-state index in [0.29, 0.717) is 0 Å². The summed E-state index contributed by atoms with van der Waals surface area (Å²) in [5.74, 6) is 0. The van der Waals surface area contributed by atoms with Crippen molar-refractivity contribution in [1.29, 1.82) is 0 Å². The first-order valence-corrected chi connectivity index (χ1v) is 4.92. The van der Waals surface area contributed by atoms with Gasteiger partial charge >= 0.3 is 6.18 Å². The molecule has 0 aliphatic rings. The summed E-state index contributed by atoms with van der Waals surface area (Å²) in [6.45, 7) is 0. The fourth-order valence-corrected chi connectivity index (χ4v) is 1.90. The van der Waals surface area contributed by atoms with Crippen LogP contribution in [0.4, 0.5) is 27.6 Å². The molecule has 1 aromatic rings. The van der Waals surface area contributed by atoms with Gasteiger partial charge in [0, 0.05) is 6.07 Å². The Balaban J connectivity index is 3.56. The molecule has 0 saturated heterocycles. The molecule has 4 nitrogen and oxygen atoms in total.